The van der Waals surface area contributed by atoms with Crippen molar-refractivity contribution in [1.29, 1.82) is 0 Å². The Morgan fingerprint density at radius 1 is 1.41 bits per heavy atom. The first kappa shape index (κ1) is 13.4. The summed E-state index contributed by atoms with van der Waals surface area (Å²) < 4.78 is 5.18. The number of ether oxygens (including phenoxy) is 1. The number of nitrogens with zero attached hydrogens (tertiary/aromatic N) is 2. The second-order valence-corrected chi connectivity index (χ2v) is 4.15. The van der Waals surface area contributed by atoms with Crippen LogP contribution in [0.5, 0.6) is 5.88 Å². The van der Waals surface area contributed by atoms with Crippen molar-refractivity contribution in [1.82, 2.24) is 9.97 Å². The number of aryl methyl sites for hydroxylation is 1. The lowest BCUT2D eigenvalue weighted by Crippen LogP contribution is -2.14. The first-order valence-corrected chi connectivity index (χ1v) is 5.67. The fraction of sp³-hybridized carbons (Fsp3) is 0.583. The first-order valence-electron chi connectivity index (χ1n) is 5.67. The summed E-state index contributed by atoms with van der Waals surface area (Å²) in [6, 6.07) is 0. The fourth-order valence-electron chi connectivity index (χ4n) is 1.43. The molecule has 0 aromatic carbocycles. The van der Waals surface area contributed by atoms with E-state index in [9.17, 15) is 4.79 Å². The Hall–Kier alpha value is -1.65. The van der Waals surface area contributed by atoms with Crippen molar-refractivity contribution in [2.75, 3.05) is 6.61 Å². The summed E-state index contributed by atoms with van der Waals surface area (Å²) in [6.45, 7) is 7.45. The van der Waals surface area contributed by atoms with Gasteiger partial charge in [-0.3, -0.25) is 0 Å². The Balaban J connectivity index is 3.08. The van der Waals surface area contributed by atoms with Crippen LogP contribution >= 0.6 is 0 Å². The minimum Gasteiger partial charge on any atom is -0.479 e. The summed E-state index contributed by atoms with van der Waals surface area (Å²) in [6.07, 6.45) is 0.775. The molecule has 0 atom stereocenters. The third kappa shape index (κ3) is 3.41. The van der Waals surface area contributed by atoms with E-state index in [4.69, 9.17) is 9.84 Å². The van der Waals surface area contributed by atoms with Gasteiger partial charge in [-0.1, -0.05) is 20.8 Å². The Morgan fingerprint density at radius 3 is 2.53 bits per heavy atom. The maximum absolute atomic E-state index is 10.5. The van der Waals surface area contributed by atoms with Gasteiger partial charge in [-0.15, -0.1) is 0 Å². The molecule has 0 bridgehead atoms. The van der Waals surface area contributed by atoms with Gasteiger partial charge in [0.25, 0.3) is 0 Å². The Labute approximate surface area is 101 Å². The minimum absolute atomic E-state index is 0.188. The van der Waals surface area contributed by atoms with Gasteiger partial charge in [0.2, 0.25) is 5.88 Å². The molecule has 1 N–H and O–H groups in total. The number of hydrogen-bond acceptors (Lipinski definition) is 4. The standard InChI is InChI=1S/C12H18N2O3/c1-5-9-8(4)12(17-6-10(15)16)14-11(13-9)7(2)3/h7H,5-6H2,1-4H3,(H,15,16). The number of aromatic nitrogens is 2. The molecular formula is C12H18N2O3. The lowest BCUT2D eigenvalue weighted by Gasteiger charge is -2.13. The largest absolute Gasteiger partial charge is 0.479 e. The predicted octanol–water partition coefficient (Wildman–Crippen LogP) is 1.93. The summed E-state index contributed by atoms with van der Waals surface area (Å²) in [5.41, 5.74) is 1.72. The van der Waals surface area contributed by atoms with Gasteiger partial charge in [0.15, 0.2) is 6.61 Å². The topological polar surface area (TPSA) is 72.3 Å². The zero-order valence-electron chi connectivity index (χ0n) is 10.6. The highest BCUT2D eigenvalue weighted by atomic mass is 16.5. The van der Waals surface area contributed by atoms with Crippen LogP contribution in [0.4, 0.5) is 0 Å². The third-order valence-electron chi connectivity index (χ3n) is 2.40. The van der Waals surface area contributed by atoms with Crippen LogP contribution in [0.1, 0.15) is 43.8 Å². The molecule has 0 amide bonds. The number of hydrogen-bond donors (Lipinski definition) is 1. The highest BCUT2D eigenvalue weighted by Gasteiger charge is 2.13. The van der Waals surface area contributed by atoms with Crippen molar-refractivity contribution in [3.8, 4) is 5.88 Å². The predicted molar refractivity (Wildman–Crippen MR) is 63.4 cm³/mol. The van der Waals surface area contributed by atoms with Crippen molar-refractivity contribution in [2.24, 2.45) is 0 Å². The monoisotopic (exact) mass is 238 g/mol. The molecule has 0 fully saturated rings. The molecule has 0 radical (unpaired) electrons. The minimum atomic E-state index is -1.01. The van der Waals surface area contributed by atoms with Crippen LogP contribution in [0.25, 0.3) is 0 Å². The molecule has 0 aliphatic carbocycles. The smallest absolute Gasteiger partial charge is 0.341 e. The van der Waals surface area contributed by atoms with Crippen molar-refractivity contribution >= 4 is 5.97 Å². The van der Waals surface area contributed by atoms with Crippen molar-refractivity contribution in [3.63, 3.8) is 0 Å². The van der Waals surface area contributed by atoms with Gasteiger partial charge >= 0.3 is 5.97 Å². The molecule has 94 valence electrons. The second-order valence-electron chi connectivity index (χ2n) is 4.15. The molecule has 0 spiro atoms. The SMILES string of the molecule is CCc1nc(C(C)C)nc(OCC(=O)O)c1C. The molecule has 0 saturated carbocycles. The van der Waals surface area contributed by atoms with Crippen molar-refractivity contribution in [3.05, 3.63) is 17.1 Å². The third-order valence-corrected chi connectivity index (χ3v) is 2.40. The summed E-state index contributed by atoms with van der Waals surface area (Å²) in [5.74, 6) is 0.246. The summed E-state index contributed by atoms with van der Waals surface area (Å²) in [4.78, 5) is 19.2. The number of carboxylic acid groups (broad SMARTS) is 1. The van der Waals surface area contributed by atoms with Crippen LogP contribution in [0.2, 0.25) is 0 Å². The van der Waals surface area contributed by atoms with E-state index >= 15 is 0 Å². The summed E-state index contributed by atoms with van der Waals surface area (Å²) in [5, 5.41) is 8.60. The van der Waals surface area contributed by atoms with Crippen LogP contribution < -0.4 is 4.74 Å². The molecule has 0 aliphatic rings. The van der Waals surface area contributed by atoms with Crippen LogP contribution in [0.15, 0.2) is 0 Å². The first-order chi connectivity index (χ1) is 7.95. The van der Waals surface area contributed by atoms with E-state index < -0.39 is 5.97 Å². The second kappa shape index (κ2) is 5.61. The van der Waals surface area contributed by atoms with Gasteiger partial charge in [-0.2, -0.15) is 4.98 Å². The van der Waals surface area contributed by atoms with Crippen LogP contribution in [0.3, 0.4) is 0 Å². The average Bonchev–Trinajstić information content (AvgIpc) is 2.27. The zero-order chi connectivity index (χ0) is 13.0. The van der Waals surface area contributed by atoms with Crippen molar-refractivity contribution < 1.29 is 14.6 Å². The van der Waals surface area contributed by atoms with E-state index in [0.717, 1.165) is 17.7 Å². The van der Waals surface area contributed by atoms with Crippen LogP contribution in [0, 0.1) is 6.92 Å². The number of carbonyl (C=O) groups is 1. The van der Waals surface area contributed by atoms with Crippen molar-refractivity contribution in [2.45, 2.75) is 40.0 Å². The molecule has 1 rings (SSSR count). The molecule has 0 aliphatic heterocycles. The van der Waals surface area contributed by atoms with E-state index in [-0.39, 0.29) is 12.5 Å². The van der Waals surface area contributed by atoms with E-state index in [1.54, 1.807) is 0 Å². The number of rotatable bonds is 5. The van der Waals surface area contributed by atoms with E-state index in [1.165, 1.54) is 0 Å². The normalized spacial score (nSPS) is 10.6. The maximum Gasteiger partial charge on any atom is 0.341 e. The summed E-state index contributed by atoms with van der Waals surface area (Å²) >= 11 is 0. The Kier molecular flexibility index (Phi) is 4.43. The molecular weight excluding hydrogens is 220 g/mol. The Bertz CT molecular complexity index is 416. The molecule has 0 unspecified atom stereocenters. The van der Waals surface area contributed by atoms with Gasteiger partial charge in [-0.25, -0.2) is 9.78 Å². The number of carboxylic acids is 1. The number of aliphatic carboxylic acids is 1. The molecule has 5 nitrogen and oxygen atoms in total. The van der Waals surface area contributed by atoms with Gasteiger partial charge in [0.1, 0.15) is 5.82 Å². The molecule has 5 heteroatoms. The highest BCUT2D eigenvalue weighted by Crippen LogP contribution is 2.21. The molecule has 1 aromatic heterocycles. The average molecular weight is 238 g/mol. The molecule has 0 saturated heterocycles. The Morgan fingerprint density at radius 2 is 2.06 bits per heavy atom. The molecule has 1 heterocycles. The quantitative estimate of drug-likeness (QED) is 0.848. The van der Waals surface area contributed by atoms with Crippen LogP contribution in [-0.4, -0.2) is 27.7 Å². The summed E-state index contributed by atoms with van der Waals surface area (Å²) in [7, 11) is 0. The van der Waals surface area contributed by atoms with Gasteiger partial charge < -0.3 is 9.84 Å². The zero-order valence-corrected chi connectivity index (χ0v) is 10.6. The van der Waals surface area contributed by atoms with E-state index in [1.807, 2.05) is 27.7 Å². The van der Waals surface area contributed by atoms with Crippen LogP contribution in [-0.2, 0) is 11.2 Å². The van der Waals surface area contributed by atoms with Gasteiger partial charge in [-0.05, 0) is 13.3 Å². The molecule has 17 heavy (non-hydrogen) atoms. The maximum atomic E-state index is 10.5. The highest BCUT2D eigenvalue weighted by molar-refractivity contribution is 5.68. The van der Waals surface area contributed by atoms with E-state index in [0.29, 0.717) is 11.7 Å². The van der Waals surface area contributed by atoms with Gasteiger partial charge in [0, 0.05) is 11.5 Å². The van der Waals surface area contributed by atoms with E-state index in [2.05, 4.69) is 9.97 Å². The lowest BCUT2D eigenvalue weighted by molar-refractivity contribution is -0.139. The fourth-order valence-corrected chi connectivity index (χ4v) is 1.43. The molecule has 1 aromatic rings. The van der Waals surface area contributed by atoms with Gasteiger partial charge in [0.05, 0.1) is 5.69 Å². The lowest BCUT2D eigenvalue weighted by atomic mass is 10.1.